The van der Waals surface area contributed by atoms with E-state index in [-0.39, 0.29) is 5.82 Å². The molecule has 0 aromatic heterocycles. The van der Waals surface area contributed by atoms with E-state index in [0.717, 1.165) is 5.92 Å². The minimum Gasteiger partial charge on any atom is -0.207 e. The van der Waals surface area contributed by atoms with Crippen LogP contribution < -0.4 is 0 Å². The maximum absolute atomic E-state index is 12.5. The van der Waals surface area contributed by atoms with Crippen LogP contribution in [0, 0.1) is 11.7 Å². The summed E-state index contributed by atoms with van der Waals surface area (Å²) in [4.78, 5) is 0. The average Bonchev–Trinajstić information content (AvgIpc) is 2.69. The van der Waals surface area contributed by atoms with E-state index in [9.17, 15) is 4.39 Å². The van der Waals surface area contributed by atoms with E-state index in [4.69, 9.17) is 0 Å². The van der Waals surface area contributed by atoms with Crippen molar-refractivity contribution in [1.82, 2.24) is 0 Å². The summed E-state index contributed by atoms with van der Waals surface area (Å²) in [5, 5.41) is 0. The maximum atomic E-state index is 12.5. The second-order valence-corrected chi connectivity index (χ2v) is 3.37. The van der Waals surface area contributed by atoms with Gasteiger partial charge in [0.1, 0.15) is 5.82 Å². The Hall–Kier alpha value is -0.850. The molecular formula is C10H11F. The Morgan fingerprint density at radius 3 is 2.27 bits per heavy atom. The topological polar surface area (TPSA) is 0 Å². The van der Waals surface area contributed by atoms with Crippen LogP contribution in [0.5, 0.6) is 0 Å². The van der Waals surface area contributed by atoms with Crippen LogP contribution in [0.2, 0.25) is 0 Å². The van der Waals surface area contributed by atoms with Gasteiger partial charge in [-0.3, -0.25) is 0 Å². The van der Waals surface area contributed by atoms with Crippen LogP contribution >= 0.6 is 0 Å². The zero-order valence-corrected chi connectivity index (χ0v) is 6.55. The molecule has 0 nitrogen and oxygen atoms in total. The first kappa shape index (κ1) is 6.84. The Labute approximate surface area is 66.1 Å². The van der Waals surface area contributed by atoms with Gasteiger partial charge in [-0.05, 0) is 36.0 Å². The Bertz CT molecular complexity index is 250. The van der Waals surface area contributed by atoms with Gasteiger partial charge in [0.25, 0.3) is 0 Å². The molecule has 0 unspecified atom stereocenters. The SMILES string of the molecule is C[C@@H]1C[C@H]1c1ccc(F)cc1. The molecule has 0 heterocycles. The number of hydrogen-bond acceptors (Lipinski definition) is 0. The summed E-state index contributed by atoms with van der Waals surface area (Å²) in [5.74, 6) is 1.37. The lowest BCUT2D eigenvalue weighted by Gasteiger charge is -1.96. The maximum Gasteiger partial charge on any atom is 0.123 e. The summed E-state index contributed by atoms with van der Waals surface area (Å²) >= 11 is 0. The minimum atomic E-state index is -0.137. The number of rotatable bonds is 1. The molecule has 11 heavy (non-hydrogen) atoms. The second-order valence-electron chi connectivity index (χ2n) is 3.37. The Balaban J connectivity index is 2.21. The molecule has 58 valence electrons. The molecule has 1 aliphatic rings. The van der Waals surface area contributed by atoms with E-state index in [1.54, 1.807) is 12.1 Å². The van der Waals surface area contributed by atoms with Crippen LogP contribution in [0.3, 0.4) is 0 Å². The number of hydrogen-bond donors (Lipinski definition) is 0. The first-order valence-corrected chi connectivity index (χ1v) is 4.03. The van der Waals surface area contributed by atoms with Gasteiger partial charge in [-0.25, -0.2) is 4.39 Å². The van der Waals surface area contributed by atoms with Gasteiger partial charge >= 0.3 is 0 Å². The largest absolute Gasteiger partial charge is 0.207 e. The monoisotopic (exact) mass is 150 g/mol. The summed E-state index contributed by atoms with van der Waals surface area (Å²) in [6.07, 6.45) is 1.27. The van der Waals surface area contributed by atoms with E-state index in [2.05, 4.69) is 6.92 Å². The predicted molar refractivity (Wildman–Crippen MR) is 42.9 cm³/mol. The summed E-state index contributed by atoms with van der Waals surface area (Å²) in [7, 11) is 0. The summed E-state index contributed by atoms with van der Waals surface area (Å²) in [5.41, 5.74) is 1.29. The van der Waals surface area contributed by atoms with E-state index >= 15 is 0 Å². The number of benzene rings is 1. The van der Waals surface area contributed by atoms with Crippen LogP contribution in [0.4, 0.5) is 4.39 Å². The molecule has 0 N–H and O–H groups in total. The molecule has 1 aromatic rings. The van der Waals surface area contributed by atoms with E-state index < -0.39 is 0 Å². The zero-order valence-electron chi connectivity index (χ0n) is 6.55. The number of halogens is 1. The molecular weight excluding hydrogens is 139 g/mol. The summed E-state index contributed by atoms with van der Waals surface area (Å²) in [6.45, 7) is 2.23. The first-order valence-electron chi connectivity index (χ1n) is 4.03. The lowest BCUT2D eigenvalue weighted by Crippen LogP contribution is -1.80. The smallest absolute Gasteiger partial charge is 0.123 e. The lowest BCUT2D eigenvalue weighted by atomic mass is 10.1. The Kier molecular flexibility index (Phi) is 1.45. The second kappa shape index (κ2) is 2.33. The summed E-state index contributed by atoms with van der Waals surface area (Å²) in [6, 6.07) is 6.87. The van der Waals surface area contributed by atoms with Gasteiger partial charge in [0.2, 0.25) is 0 Å². The van der Waals surface area contributed by atoms with Crippen LogP contribution in [0.15, 0.2) is 24.3 Å². The van der Waals surface area contributed by atoms with Crippen molar-refractivity contribution in [2.45, 2.75) is 19.3 Å². The highest BCUT2D eigenvalue weighted by Crippen LogP contribution is 2.46. The van der Waals surface area contributed by atoms with E-state index in [1.165, 1.54) is 12.0 Å². The zero-order chi connectivity index (χ0) is 7.84. The fraction of sp³-hybridized carbons (Fsp3) is 0.400. The fourth-order valence-electron chi connectivity index (χ4n) is 1.50. The molecule has 1 heteroatoms. The molecule has 0 bridgehead atoms. The van der Waals surface area contributed by atoms with Crippen molar-refractivity contribution in [3.63, 3.8) is 0 Å². The fourth-order valence-corrected chi connectivity index (χ4v) is 1.50. The van der Waals surface area contributed by atoms with Crippen molar-refractivity contribution in [2.24, 2.45) is 5.92 Å². The van der Waals surface area contributed by atoms with Crippen molar-refractivity contribution in [2.75, 3.05) is 0 Å². The molecule has 0 radical (unpaired) electrons. The third-order valence-electron chi connectivity index (χ3n) is 2.41. The Morgan fingerprint density at radius 1 is 1.27 bits per heavy atom. The lowest BCUT2D eigenvalue weighted by molar-refractivity contribution is 0.627. The molecule has 1 saturated carbocycles. The highest BCUT2D eigenvalue weighted by Gasteiger charge is 2.33. The normalized spacial score (nSPS) is 28.5. The minimum absolute atomic E-state index is 0.137. The van der Waals surface area contributed by atoms with Gasteiger partial charge < -0.3 is 0 Å². The van der Waals surface area contributed by atoms with Gasteiger partial charge in [0, 0.05) is 0 Å². The van der Waals surface area contributed by atoms with Gasteiger partial charge in [-0.1, -0.05) is 19.1 Å². The molecule has 0 spiro atoms. The van der Waals surface area contributed by atoms with Crippen molar-refractivity contribution >= 4 is 0 Å². The summed E-state index contributed by atoms with van der Waals surface area (Å²) < 4.78 is 12.5. The van der Waals surface area contributed by atoms with Gasteiger partial charge in [-0.15, -0.1) is 0 Å². The highest BCUT2D eigenvalue weighted by atomic mass is 19.1. The quantitative estimate of drug-likeness (QED) is 0.577. The van der Waals surface area contributed by atoms with Crippen LogP contribution in [0.1, 0.15) is 24.8 Å². The Morgan fingerprint density at radius 2 is 1.82 bits per heavy atom. The average molecular weight is 150 g/mol. The third-order valence-corrected chi connectivity index (χ3v) is 2.41. The molecule has 2 rings (SSSR count). The highest BCUT2D eigenvalue weighted by molar-refractivity contribution is 5.25. The predicted octanol–water partition coefficient (Wildman–Crippen LogP) is 2.95. The van der Waals surface area contributed by atoms with Gasteiger partial charge in [0.05, 0.1) is 0 Å². The van der Waals surface area contributed by atoms with Crippen LogP contribution in [-0.2, 0) is 0 Å². The molecule has 2 atom stereocenters. The molecule has 0 saturated heterocycles. The van der Waals surface area contributed by atoms with Crippen molar-refractivity contribution in [1.29, 1.82) is 0 Å². The molecule has 1 aromatic carbocycles. The third kappa shape index (κ3) is 1.28. The van der Waals surface area contributed by atoms with Crippen molar-refractivity contribution in [3.05, 3.63) is 35.6 Å². The van der Waals surface area contributed by atoms with Crippen LogP contribution in [-0.4, -0.2) is 0 Å². The molecule has 1 fully saturated rings. The first-order chi connectivity index (χ1) is 5.27. The standard InChI is InChI=1S/C10H11F/c1-7-6-10(7)8-2-4-9(11)5-3-8/h2-5,7,10H,6H2,1H3/t7-,10-/m1/s1. The molecule has 0 amide bonds. The molecule has 1 aliphatic carbocycles. The van der Waals surface area contributed by atoms with E-state index in [1.807, 2.05) is 12.1 Å². The van der Waals surface area contributed by atoms with Crippen molar-refractivity contribution in [3.8, 4) is 0 Å². The van der Waals surface area contributed by atoms with Gasteiger partial charge in [0.15, 0.2) is 0 Å². The molecule has 0 aliphatic heterocycles. The van der Waals surface area contributed by atoms with Crippen LogP contribution in [0.25, 0.3) is 0 Å². The van der Waals surface area contributed by atoms with Gasteiger partial charge in [-0.2, -0.15) is 0 Å². The van der Waals surface area contributed by atoms with E-state index in [0.29, 0.717) is 5.92 Å². The van der Waals surface area contributed by atoms with Crippen molar-refractivity contribution < 1.29 is 4.39 Å².